The van der Waals surface area contributed by atoms with Gasteiger partial charge in [0.15, 0.2) is 17.5 Å². The van der Waals surface area contributed by atoms with Crippen LogP contribution in [-0.4, -0.2) is 19.7 Å². The molecule has 0 saturated carbocycles. The molecule has 0 aliphatic heterocycles. The third-order valence-electron chi connectivity index (χ3n) is 1.98. The molecule has 0 fully saturated rings. The molecule has 0 atom stereocenters. The van der Waals surface area contributed by atoms with Crippen LogP contribution in [0.15, 0.2) is 23.2 Å². The van der Waals surface area contributed by atoms with Gasteiger partial charge < -0.3 is 20.9 Å². The van der Waals surface area contributed by atoms with Gasteiger partial charge in [0.1, 0.15) is 6.61 Å². The Morgan fingerprint density at radius 3 is 2.67 bits per heavy atom. The average molecular weight is 361 g/mol. The molecular weight excluding hydrogens is 345 g/mol. The number of nitrogens with zero attached hydrogens (tertiary/aromatic N) is 1. The highest BCUT2D eigenvalue weighted by atomic mass is 127. The van der Waals surface area contributed by atoms with Crippen LogP contribution in [0.4, 0.5) is 0 Å². The molecule has 4 N–H and O–H groups in total. The quantitative estimate of drug-likeness (QED) is 0.356. The molecule has 1 rings (SSSR count). The second-order valence-corrected chi connectivity index (χ2v) is 3.22. The van der Waals surface area contributed by atoms with Crippen molar-refractivity contribution < 1.29 is 9.47 Å². The van der Waals surface area contributed by atoms with Crippen LogP contribution in [0.5, 0.6) is 11.5 Å². The van der Waals surface area contributed by atoms with E-state index in [1.54, 1.807) is 19.2 Å². The Kier molecular flexibility index (Phi) is 7.71. The molecule has 0 unspecified atom stereocenters. The van der Waals surface area contributed by atoms with Crippen molar-refractivity contribution in [2.24, 2.45) is 16.5 Å². The zero-order valence-corrected chi connectivity index (χ0v) is 12.4. The van der Waals surface area contributed by atoms with Crippen LogP contribution in [0.3, 0.4) is 0 Å². The van der Waals surface area contributed by atoms with Crippen LogP contribution in [0.2, 0.25) is 0 Å². The zero-order chi connectivity index (χ0) is 12.7. The number of ether oxygens (including phenoxy) is 2. The summed E-state index contributed by atoms with van der Waals surface area (Å²) in [6, 6.07) is 5.43. The van der Waals surface area contributed by atoms with E-state index >= 15 is 0 Å². The van der Waals surface area contributed by atoms with Gasteiger partial charge in [-0.15, -0.1) is 30.4 Å². The molecule has 0 radical (unpaired) electrons. The predicted octanol–water partition coefficient (Wildman–Crippen LogP) is 1.10. The third kappa shape index (κ3) is 5.14. The summed E-state index contributed by atoms with van der Waals surface area (Å²) in [6.45, 7) is 0.570. The van der Waals surface area contributed by atoms with Crippen LogP contribution in [0.25, 0.3) is 0 Å². The van der Waals surface area contributed by atoms with E-state index in [4.69, 9.17) is 27.4 Å². The molecule has 5 nitrogen and oxygen atoms in total. The summed E-state index contributed by atoms with van der Waals surface area (Å²) in [5.74, 6) is 3.64. The molecule has 6 heteroatoms. The Balaban J connectivity index is 0.00000289. The fourth-order valence-corrected chi connectivity index (χ4v) is 1.23. The maximum Gasteiger partial charge on any atom is 0.186 e. The van der Waals surface area contributed by atoms with E-state index in [0.717, 1.165) is 5.56 Å². The minimum atomic E-state index is 0. The van der Waals surface area contributed by atoms with Gasteiger partial charge in [-0.2, -0.15) is 0 Å². The summed E-state index contributed by atoms with van der Waals surface area (Å²) in [5, 5.41) is 0. The SMILES string of the molecule is C#CCOc1cc(CN=C(N)N)ccc1OC.I. The van der Waals surface area contributed by atoms with Crippen molar-refractivity contribution in [3.8, 4) is 23.8 Å². The van der Waals surface area contributed by atoms with Crippen molar-refractivity contribution in [2.45, 2.75) is 6.54 Å². The minimum Gasteiger partial charge on any atom is -0.493 e. The largest absolute Gasteiger partial charge is 0.493 e. The first-order valence-corrected chi connectivity index (χ1v) is 4.96. The first-order chi connectivity index (χ1) is 8.17. The zero-order valence-electron chi connectivity index (χ0n) is 10.1. The molecule has 0 aromatic heterocycles. The summed E-state index contributed by atoms with van der Waals surface area (Å²) < 4.78 is 10.5. The summed E-state index contributed by atoms with van der Waals surface area (Å²) in [4.78, 5) is 3.91. The standard InChI is InChI=1S/C12H15N3O2.HI/c1-3-6-17-11-7-9(8-15-12(13)14)4-5-10(11)16-2;/h1,4-5,7H,6,8H2,2H3,(H4,13,14,15);1H. The fourth-order valence-electron chi connectivity index (χ4n) is 1.23. The van der Waals surface area contributed by atoms with Crippen LogP contribution in [0.1, 0.15) is 5.56 Å². The Labute approximate surface area is 124 Å². The number of nitrogens with two attached hydrogens (primary N) is 2. The smallest absolute Gasteiger partial charge is 0.186 e. The van der Waals surface area contributed by atoms with Crippen LogP contribution in [0, 0.1) is 12.3 Å². The van der Waals surface area contributed by atoms with Gasteiger partial charge in [-0.05, 0) is 17.7 Å². The van der Waals surface area contributed by atoms with Crippen LogP contribution < -0.4 is 20.9 Å². The first kappa shape index (κ1) is 16.4. The van der Waals surface area contributed by atoms with Crippen molar-refractivity contribution in [3.63, 3.8) is 0 Å². The van der Waals surface area contributed by atoms with Gasteiger partial charge in [-0.3, -0.25) is 0 Å². The fraction of sp³-hybridized carbons (Fsp3) is 0.250. The van der Waals surface area contributed by atoms with Gasteiger partial charge >= 0.3 is 0 Å². The molecule has 18 heavy (non-hydrogen) atoms. The average Bonchev–Trinajstić information content (AvgIpc) is 2.33. The van der Waals surface area contributed by atoms with E-state index in [-0.39, 0.29) is 36.5 Å². The highest BCUT2D eigenvalue weighted by Gasteiger charge is 2.05. The topological polar surface area (TPSA) is 82.9 Å². The monoisotopic (exact) mass is 361 g/mol. The van der Waals surface area contributed by atoms with E-state index in [0.29, 0.717) is 18.0 Å². The summed E-state index contributed by atoms with van der Waals surface area (Å²) in [5.41, 5.74) is 11.4. The van der Waals surface area contributed by atoms with Crippen LogP contribution >= 0.6 is 24.0 Å². The van der Waals surface area contributed by atoms with Crippen molar-refractivity contribution in [3.05, 3.63) is 23.8 Å². The lowest BCUT2D eigenvalue weighted by atomic mass is 10.2. The molecule has 0 spiro atoms. The van der Waals surface area contributed by atoms with E-state index < -0.39 is 0 Å². The number of hydrogen-bond acceptors (Lipinski definition) is 3. The maximum absolute atomic E-state index is 5.35. The van der Waals surface area contributed by atoms with Gasteiger partial charge in [0.05, 0.1) is 13.7 Å². The van der Waals surface area contributed by atoms with Gasteiger partial charge in [0, 0.05) is 0 Å². The Morgan fingerprint density at radius 2 is 2.11 bits per heavy atom. The maximum atomic E-state index is 5.35. The Morgan fingerprint density at radius 1 is 1.39 bits per heavy atom. The van der Waals surface area contributed by atoms with Crippen LogP contribution in [-0.2, 0) is 6.54 Å². The van der Waals surface area contributed by atoms with Gasteiger partial charge in [0.2, 0.25) is 0 Å². The second-order valence-electron chi connectivity index (χ2n) is 3.22. The van der Waals surface area contributed by atoms with Crippen molar-refractivity contribution >= 4 is 29.9 Å². The lowest BCUT2D eigenvalue weighted by molar-refractivity contribution is 0.330. The predicted molar refractivity (Wildman–Crippen MR) is 82.3 cm³/mol. The molecular formula is C12H16IN3O2. The van der Waals surface area contributed by atoms with Gasteiger partial charge in [-0.1, -0.05) is 12.0 Å². The number of guanidine groups is 1. The lowest BCUT2D eigenvalue weighted by Gasteiger charge is -2.09. The van der Waals surface area contributed by atoms with Gasteiger partial charge in [-0.25, -0.2) is 4.99 Å². The summed E-state index contributed by atoms with van der Waals surface area (Å²) in [6.07, 6.45) is 5.13. The molecule has 0 aliphatic carbocycles. The molecule has 0 heterocycles. The normalized spacial score (nSPS) is 8.67. The Hall–Kier alpha value is -1.62. The number of aliphatic imine (C=N–C) groups is 1. The van der Waals surface area contributed by atoms with Crippen molar-refractivity contribution in [1.29, 1.82) is 0 Å². The highest BCUT2D eigenvalue weighted by molar-refractivity contribution is 14.0. The van der Waals surface area contributed by atoms with E-state index in [1.165, 1.54) is 0 Å². The molecule has 0 aliphatic rings. The lowest BCUT2D eigenvalue weighted by Crippen LogP contribution is -2.22. The highest BCUT2D eigenvalue weighted by Crippen LogP contribution is 2.28. The number of rotatable bonds is 5. The summed E-state index contributed by atoms with van der Waals surface area (Å²) >= 11 is 0. The number of hydrogen-bond donors (Lipinski definition) is 2. The molecule has 1 aromatic rings. The molecule has 0 amide bonds. The Bertz CT molecular complexity index is 451. The van der Waals surface area contributed by atoms with E-state index in [2.05, 4.69) is 10.9 Å². The number of benzene rings is 1. The number of halogens is 1. The van der Waals surface area contributed by atoms with Crippen molar-refractivity contribution in [2.75, 3.05) is 13.7 Å². The molecule has 98 valence electrons. The minimum absolute atomic E-state index is 0. The van der Waals surface area contributed by atoms with E-state index in [9.17, 15) is 0 Å². The summed E-state index contributed by atoms with van der Waals surface area (Å²) in [7, 11) is 1.56. The number of terminal acetylenes is 1. The second kappa shape index (κ2) is 8.47. The molecule has 0 bridgehead atoms. The molecule has 1 aromatic carbocycles. The van der Waals surface area contributed by atoms with Gasteiger partial charge in [0.25, 0.3) is 0 Å². The number of methoxy groups -OCH3 is 1. The van der Waals surface area contributed by atoms with E-state index in [1.807, 2.05) is 6.07 Å². The van der Waals surface area contributed by atoms with Crippen molar-refractivity contribution in [1.82, 2.24) is 0 Å². The third-order valence-corrected chi connectivity index (χ3v) is 1.98. The molecule has 0 saturated heterocycles. The first-order valence-electron chi connectivity index (χ1n) is 4.96.